The number of carbonyl (C=O) groups is 2. The average Bonchev–Trinajstić information content (AvgIpc) is 3.24. The second-order valence-corrected chi connectivity index (χ2v) is 14.9. The Balaban J connectivity index is 1.33. The van der Waals surface area contributed by atoms with Gasteiger partial charge in [0.25, 0.3) is 0 Å². The molecule has 6 rings (SSSR count). The number of Topliss-reactive ketones (excluding diaryl/α,β-unsaturated/α-hetero) is 1. The quantitative estimate of drug-likeness (QED) is 0.523. The van der Waals surface area contributed by atoms with Crippen LogP contribution in [-0.2, 0) is 19.1 Å². The van der Waals surface area contributed by atoms with Crippen LogP contribution in [0, 0.1) is 28.6 Å². The van der Waals surface area contributed by atoms with Crippen molar-refractivity contribution < 1.29 is 24.2 Å². The highest BCUT2D eigenvalue weighted by atomic mass is 32.2. The summed E-state index contributed by atoms with van der Waals surface area (Å²) in [6.45, 7) is 8.38. The highest BCUT2D eigenvalue weighted by molar-refractivity contribution is 8.00. The Hall–Kier alpha value is -0.690. The first kappa shape index (κ1) is 25.6. The number of aliphatic hydroxyl groups excluding tert-OH is 1. The zero-order valence-electron chi connectivity index (χ0n) is 22.5. The van der Waals surface area contributed by atoms with Crippen molar-refractivity contribution in [3.63, 3.8) is 0 Å². The smallest absolute Gasteiger partial charge is 0.177 e. The van der Waals surface area contributed by atoms with E-state index in [2.05, 4.69) is 13.8 Å². The molecule has 8 atom stereocenters. The van der Waals surface area contributed by atoms with Gasteiger partial charge in [-0.2, -0.15) is 11.8 Å². The van der Waals surface area contributed by atoms with Crippen molar-refractivity contribution >= 4 is 23.3 Å². The van der Waals surface area contributed by atoms with E-state index < -0.39 is 22.9 Å². The summed E-state index contributed by atoms with van der Waals surface area (Å²) in [4.78, 5) is 26.5. The number of ether oxygens (including phenoxy) is 2. The minimum atomic E-state index is -0.992. The molecule has 0 aromatic carbocycles. The maximum absolute atomic E-state index is 14.3. The van der Waals surface area contributed by atoms with E-state index in [1.165, 1.54) is 37.7 Å². The summed E-state index contributed by atoms with van der Waals surface area (Å²) >= 11 is 1.83. The molecule has 0 amide bonds. The standard InChI is InChI=1S/C30H44O5S/c1-27(2)34-25-15-22-21-11-10-18-14-19(31)12-13-28(18,3)26(21)23(32)16-29(22,4)30(25,35-27)24(33)17-36-20-8-6-5-7-9-20/h14,20-23,25-26,32H,5-13,15-17H2,1-4H3/t21?,22?,23-,25+,26?,28?,29?,30-/m0/s1. The van der Waals surface area contributed by atoms with Gasteiger partial charge in [-0.3, -0.25) is 9.59 Å². The fourth-order valence-corrected chi connectivity index (χ4v) is 11.1. The number of ketones is 2. The van der Waals surface area contributed by atoms with Gasteiger partial charge >= 0.3 is 0 Å². The third-order valence-corrected chi connectivity index (χ3v) is 12.7. The van der Waals surface area contributed by atoms with E-state index >= 15 is 0 Å². The topological polar surface area (TPSA) is 72.8 Å². The molecule has 5 fully saturated rings. The van der Waals surface area contributed by atoms with E-state index in [1.54, 1.807) is 0 Å². The van der Waals surface area contributed by atoms with E-state index in [9.17, 15) is 14.7 Å². The summed E-state index contributed by atoms with van der Waals surface area (Å²) in [6.07, 6.45) is 12.0. The summed E-state index contributed by atoms with van der Waals surface area (Å²) in [7, 11) is 0. The molecule has 0 spiro atoms. The van der Waals surface area contributed by atoms with E-state index in [0.29, 0.717) is 29.8 Å². The molecule has 36 heavy (non-hydrogen) atoms. The lowest BCUT2D eigenvalue weighted by Crippen LogP contribution is -2.64. The predicted octanol–water partition coefficient (Wildman–Crippen LogP) is 5.62. The lowest BCUT2D eigenvalue weighted by molar-refractivity contribution is -0.225. The van der Waals surface area contributed by atoms with Crippen LogP contribution in [-0.4, -0.2) is 51.3 Å². The van der Waals surface area contributed by atoms with Gasteiger partial charge in [0, 0.05) is 17.1 Å². The van der Waals surface area contributed by atoms with Crippen molar-refractivity contribution in [3.8, 4) is 0 Å². The monoisotopic (exact) mass is 516 g/mol. The minimum absolute atomic E-state index is 0.124. The molecule has 0 aromatic heterocycles. The van der Waals surface area contributed by atoms with Crippen LogP contribution in [0.1, 0.15) is 98.3 Å². The zero-order chi connectivity index (χ0) is 25.5. The maximum atomic E-state index is 14.3. The molecule has 6 aliphatic rings. The van der Waals surface area contributed by atoms with Gasteiger partial charge < -0.3 is 14.6 Å². The Morgan fingerprint density at radius 1 is 1.11 bits per heavy atom. The van der Waals surface area contributed by atoms with Crippen LogP contribution in [0.3, 0.4) is 0 Å². The second kappa shape index (κ2) is 8.66. The van der Waals surface area contributed by atoms with Gasteiger partial charge in [-0.25, -0.2) is 0 Å². The molecule has 4 saturated carbocycles. The lowest BCUT2D eigenvalue weighted by Gasteiger charge is -2.60. The normalized spacial score (nSPS) is 48.0. The van der Waals surface area contributed by atoms with Gasteiger partial charge in [-0.15, -0.1) is 0 Å². The second-order valence-electron chi connectivity index (χ2n) is 13.7. The molecule has 1 aliphatic heterocycles. The molecule has 0 radical (unpaired) electrons. The highest BCUT2D eigenvalue weighted by Crippen LogP contribution is 2.70. The summed E-state index contributed by atoms with van der Waals surface area (Å²) in [5.41, 5.74) is -0.346. The molecule has 5 aliphatic carbocycles. The van der Waals surface area contributed by atoms with Gasteiger partial charge in [0.15, 0.2) is 23.0 Å². The summed E-state index contributed by atoms with van der Waals surface area (Å²) in [5, 5.41) is 12.4. The Labute approximate surface area is 220 Å². The van der Waals surface area contributed by atoms with Crippen molar-refractivity contribution in [2.75, 3.05) is 5.75 Å². The van der Waals surface area contributed by atoms with Crippen molar-refractivity contribution in [2.24, 2.45) is 28.6 Å². The Morgan fingerprint density at radius 2 is 1.86 bits per heavy atom. The number of hydrogen-bond donors (Lipinski definition) is 1. The maximum Gasteiger partial charge on any atom is 0.177 e. The number of carbonyl (C=O) groups excluding carboxylic acids is 2. The van der Waals surface area contributed by atoms with E-state index in [1.807, 2.05) is 31.7 Å². The van der Waals surface area contributed by atoms with Crippen LogP contribution in [0.15, 0.2) is 11.6 Å². The van der Waals surface area contributed by atoms with E-state index in [4.69, 9.17) is 9.47 Å². The molecular formula is C30H44O5S. The Morgan fingerprint density at radius 3 is 2.61 bits per heavy atom. The third-order valence-electron chi connectivity index (χ3n) is 11.3. The number of allylic oxidation sites excluding steroid dienone is 1. The van der Waals surface area contributed by atoms with Crippen LogP contribution >= 0.6 is 11.8 Å². The van der Waals surface area contributed by atoms with Crippen molar-refractivity contribution in [1.29, 1.82) is 0 Å². The number of aliphatic hydroxyl groups is 1. The molecule has 5 unspecified atom stereocenters. The van der Waals surface area contributed by atoms with Gasteiger partial charge in [0.2, 0.25) is 0 Å². The summed E-state index contributed by atoms with van der Waals surface area (Å²) in [5.74, 6) is 0.783. The molecule has 0 aromatic rings. The number of fused-ring (bicyclic) bond motifs is 7. The van der Waals surface area contributed by atoms with Crippen LogP contribution < -0.4 is 0 Å². The van der Waals surface area contributed by atoms with Gasteiger partial charge in [-0.1, -0.05) is 38.7 Å². The number of rotatable bonds is 4. The van der Waals surface area contributed by atoms with Crippen LogP contribution in [0.5, 0.6) is 0 Å². The van der Waals surface area contributed by atoms with Crippen LogP contribution in [0.2, 0.25) is 0 Å². The average molecular weight is 517 g/mol. The van der Waals surface area contributed by atoms with Crippen molar-refractivity contribution in [3.05, 3.63) is 11.6 Å². The molecule has 1 N–H and O–H groups in total. The molecule has 6 heteroatoms. The summed E-state index contributed by atoms with van der Waals surface area (Å²) < 4.78 is 13.3. The van der Waals surface area contributed by atoms with E-state index in [-0.39, 0.29) is 34.9 Å². The highest BCUT2D eigenvalue weighted by Gasteiger charge is 2.76. The first-order chi connectivity index (χ1) is 17.0. The van der Waals surface area contributed by atoms with Crippen LogP contribution in [0.4, 0.5) is 0 Å². The number of thioether (sulfide) groups is 1. The molecule has 5 nitrogen and oxygen atoms in total. The minimum Gasteiger partial charge on any atom is -0.393 e. The Bertz CT molecular complexity index is 968. The third kappa shape index (κ3) is 3.60. The number of hydrogen-bond acceptors (Lipinski definition) is 6. The largest absolute Gasteiger partial charge is 0.393 e. The zero-order valence-corrected chi connectivity index (χ0v) is 23.3. The molecule has 0 bridgehead atoms. The van der Waals surface area contributed by atoms with Crippen molar-refractivity contribution in [1.82, 2.24) is 0 Å². The fraction of sp³-hybridized carbons (Fsp3) is 0.867. The lowest BCUT2D eigenvalue weighted by atomic mass is 9.45. The van der Waals surface area contributed by atoms with Crippen molar-refractivity contribution in [2.45, 2.75) is 127 Å². The van der Waals surface area contributed by atoms with Gasteiger partial charge in [0.05, 0.1) is 18.0 Å². The molecular weight excluding hydrogens is 472 g/mol. The van der Waals surface area contributed by atoms with Crippen LogP contribution in [0.25, 0.3) is 0 Å². The predicted molar refractivity (Wildman–Crippen MR) is 141 cm³/mol. The molecule has 1 saturated heterocycles. The summed E-state index contributed by atoms with van der Waals surface area (Å²) in [6, 6.07) is 0. The molecule has 1 heterocycles. The fourth-order valence-electron chi connectivity index (χ4n) is 9.82. The first-order valence-corrected chi connectivity index (χ1v) is 15.5. The van der Waals surface area contributed by atoms with E-state index in [0.717, 1.165) is 25.7 Å². The van der Waals surface area contributed by atoms with Gasteiger partial charge in [0.1, 0.15) is 0 Å². The van der Waals surface area contributed by atoms with Gasteiger partial charge in [-0.05, 0) is 88.0 Å². The Kier molecular flexibility index (Phi) is 6.15. The SMILES string of the molecule is CC1(C)O[C@@H]2CC3C4CCC5=CC(=O)CCC5(C)C4[C@@H](O)CC3(C)[C@@]2(C(=O)CSC2CCCCC2)O1. The molecule has 200 valence electrons. The first-order valence-electron chi connectivity index (χ1n) is 14.4.